The third-order valence-electron chi connectivity index (χ3n) is 1.03. The van der Waals surface area contributed by atoms with Gasteiger partial charge in [0.15, 0.2) is 0 Å². The van der Waals surface area contributed by atoms with Gasteiger partial charge in [-0.05, 0) is 13.0 Å². The summed E-state index contributed by atoms with van der Waals surface area (Å²) in [6.45, 7) is 1.70. The standard InChI is InChI=1S/C6H8O2/c1-5(7)6-2-3-8-4-6/h2-5,7H,1H3/t5-/m0/s1. The molecule has 1 rings (SSSR count). The van der Waals surface area contributed by atoms with Gasteiger partial charge in [0.1, 0.15) is 0 Å². The molecule has 0 aliphatic heterocycles. The predicted molar refractivity (Wildman–Crippen MR) is 29.3 cm³/mol. The average molecular weight is 112 g/mol. The maximum Gasteiger partial charge on any atom is 0.0960 e. The van der Waals surface area contributed by atoms with Crippen molar-refractivity contribution >= 4 is 0 Å². The van der Waals surface area contributed by atoms with Gasteiger partial charge in [0.25, 0.3) is 0 Å². The van der Waals surface area contributed by atoms with Crippen molar-refractivity contribution in [1.82, 2.24) is 0 Å². The molecular formula is C6H8O2. The molecule has 0 saturated heterocycles. The van der Waals surface area contributed by atoms with Gasteiger partial charge in [-0.15, -0.1) is 0 Å². The van der Waals surface area contributed by atoms with Crippen molar-refractivity contribution in [2.75, 3.05) is 0 Å². The molecule has 1 aromatic rings. The van der Waals surface area contributed by atoms with Crippen molar-refractivity contribution in [3.8, 4) is 0 Å². The number of hydrogen-bond donors (Lipinski definition) is 1. The lowest BCUT2D eigenvalue weighted by molar-refractivity contribution is 0.198. The fraction of sp³-hybridized carbons (Fsp3) is 0.333. The first-order chi connectivity index (χ1) is 3.80. The molecule has 0 aromatic carbocycles. The summed E-state index contributed by atoms with van der Waals surface area (Å²) in [7, 11) is 0. The highest BCUT2D eigenvalue weighted by Gasteiger charge is 1.98. The lowest BCUT2D eigenvalue weighted by Gasteiger charge is -1.94. The first-order valence-corrected chi connectivity index (χ1v) is 2.51. The minimum atomic E-state index is -0.409. The van der Waals surface area contributed by atoms with E-state index in [1.165, 1.54) is 6.26 Å². The number of aliphatic hydroxyl groups excluding tert-OH is 1. The molecule has 1 atom stereocenters. The molecule has 1 heterocycles. The van der Waals surface area contributed by atoms with Gasteiger partial charge in [-0.1, -0.05) is 0 Å². The molecule has 2 nitrogen and oxygen atoms in total. The summed E-state index contributed by atoms with van der Waals surface area (Å²) in [5.74, 6) is 0. The quantitative estimate of drug-likeness (QED) is 0.594. The summed E-state index contributed by atoms with van der Waals surface area (Å²) in [6.07, 6.45) is 2.67. The zero-order chi connectivity index (χ0) is 5.98. The van der Waals surface area contributed by atoms with Crippen LogP contribution in [0.4, 0.5) is 0 Å². The molecule has 0 aliphatic rings. The van der Waals surface area contributed by atoms with Crippen LogP contribution in [0.25, 0.3) is 0 Å². The molecule has 0 amide bonds. The Morgan fingerprint density at radius 1 is 1.75 bits per heavy atom. The van der Waals surface area contributed by atoms with E-state index >= 15 is 0 Å². The second-order valence-corrected chi connectivity index (χ2v) is 1.73. The van der Waals surface area contributed by atoms with E-state index in [4.69, 9.17) is 9.52 Å². The van der Waals surface area contributed by atoms with E-state index in [2.05, 4.69) is 0 Å². The average Bonchev–Trinajstić information content (AvgIpc) is 2.12. The van der Waals surface area contributed by atoms with Crippen LogP contribution in [0.3, 0.4) is 0 Å². The molecule has 0 fully saturated rings. The van der Waals surface area contributed by atoms with Crippen molar-refractivity contribution < 1.29 is 9.52 Å². The Labute approximate surface area is 47.7 Å². The Morgan fingerprint density at radius 2 is 2.50 bits per heavy atom. The second-order valence-electron chi connectivity index (χ2n) is 1.73. The molecule has 8 heavy (non-hydrogen) atoms. The van der Waals surface area contributed by atoms with Gasteiger partial charge in [-0.3, -0.25) is 0 Å². The summed E-state index contributed by atoms with van der Waals surface area (Å²) in [4.78, 5) is 0. The topological polar surface area (TPSA) is 33.4 Å². The van der Waals surface area contributed by atoms with Gasteiger partial charge in [0.05, 0.1) is 18.6 Å². The molecule has 0 saturated carbocycles. The van der Waals surface area contributed by atoms with E-state index < -0.39 is 6.10 Å². The predicted octanol–water partition coefficient (Wildman–Crippen LogP) is 1.33. The molecule has 0 spiro atoms. The van der Waals surface area contributed by atoms with Gasteiger partial charge in [-0.25, -0.2) is 0 Å². The van der Waals surface area contributed by atoms with E-state index in [0.29, 0.717) is 0 Å². The summed E-state index contributed by atoms with van der Waals surface area (Å²) in [5, 5.41) is 8.85. The molecule has 0 aliphatic carbocycles. The third kappa shape index (κ3) is 0.898. The van der Waals surface area contributed by atoms with Gasteiger partial charge in [-0.2, -0.15) is 0 Å². The zero-order valence-electron chi connectivity index (χ0n) is 4.66. The van der Waals surface area contributed by atoms with E-state index in [1.807, 2.05) is 0 Å². The van der Waals surface area contributed by atoms with E-state index in [9.17, 15) is 0 Å². The fourth-order valence-electron chi connectivity index (χ4n) is 0.513. The Balaban J connectivity index is 2.77. The number of hydrogen-bond acceptors (Lipinski definition) is 2. The van der Waals surface area contributed by atoms with Crippen LogP contribution in [0, 0.1) is 0 Å². The van der Waals surface area contributed by atoms with Crippen molar-refractivity contribution in [2.45, 2.75) is 13.0 Å². The van der Waals surface area contributed by atoms with Crippen LogP contribution in [0.2, 0.25) is 0 Å². The van der Waals surface area contributed by atoms with Crippen LogP contribution >= 0.6 is 0 Å². The Hall–Kier alpha value is -0.760. The van der Waals surface area contributed by atoms with Crippen LogP contribution in [0.15, 0.2) is 23.0 Å². The summed E-state index contributed by atoms with van der Waals surface area (Å²) >= 11 is 0. The maximum atomic E-state index is 8.85. The number of furan rings is 1. The van der Waals surface area contributed by atoms with Crippen LogP contribution in [-0.2, 0) is 0 Å². The first kappa shape index (κ1) is 5.38. The van der Waals surface area contributed by atoms with Crippen LogP contribution in [0.5, 0.6) is 0 Å². The highest BCUT2D eigenvalue weighted by atomic mass is 16.3. The van der Waals surface area contributed by atoms with E-state index in [0.717, 1.165) is 5.56 Å². The molecule has 44 valence electrons. The molecule has 1 N–H and O–H groups in total. The molecule has 0 unspecified atom stereocenters. The Bertz CT molecular complexity index is 142. The summed E-state index contributed by atoms with van der Waals surface area (Å²) in [5.41, 5.74) is 0.824. The minimum Gasteiger partial charge on any atom is -0.472 e. The Kier molecular flexibility index (Phi) is 1.35. The molecule has 1 aromatic heterocycles. The molecule has 0 bridgehead atoms. The highest BCUT2D eigenvalue weighted by Crippen LogP contribution is 2.10. The third-order valence-corrected chi connectivity index (χ3v) is 1.03. The monoisotopic (exact) mass is 112 g/mol. The lowest BCUT2D eigenvalue weighted by Crippen LogP contribution is -1.84. The van der Waals surface area contributed by atoms with Crippen molar-refractivity contribution in [3.05, 3.63) is 24.2 Å². The minimum absolute atomic E-state index is 0.409. The van der Waals surface area contributed by atoms with Crippen molar-refractivity contribution in [2.24, 2.45) is 0 Å². The lowest BCUT2D eigenvalue weighted by atomic mass is 10.2. The maximum absolute atomic E-state index is 8.85. The Morgan fingerprint density at radius 3 is 2.75 bits per heavy atom. The van der Waals surface area contributed by atoms with Crippen LogP contribution in [0.1, 0.15) is 18.6 Å². The highest BCUT2D eigenvalue weighted by molar-refractivity contribution is 5.07. The summed E-state index contributed by atoms with van der Waals surface area (Å²) < 4.78 is 4.72. The largest absolute Gasteiger partial charge is 0.472 e. The number of rotatable bonds is 1. The van der Waals surface area contributed by atoms with Crippen LogP contribution in [-0.4, -0.2) is 5.11 Å². The first-order valence-electron chi connectivity index (χ1n) is 2.51. The fourth-order valence-corrected chi connectivity index (χ4v) is 0.513. The second kappa shape index (κ2) is 2.01. The van der Waals surface area contributed by atoms with Crippen molar-refractivity contribution in [3.63, 3.8) is 0 Å². The molecular weight excluding hydrogens is 104 g/mol. The normalized spacial score (nSPS) is 13.8. The van der Waals surface area contributed by atoms with Gasteiger partial charge in [0, 0.05) is 5.56 Å². The van der Waals surface area contributed by atoms with E-state index in [1.54, 1.807) is 19.3 Å². The van der Waals surface area contributed by atoms with Gasteiger partial charge in [0.2, 0.25) is 0 Å². The van der Waals surface area contributed by atoms with Crippen LogP contribution < -0.4 is 0 Å². The van der Waals surface area contributed by atoms with E-state index in [-0.39, 0.29) is 0 Å². The summed E-state index contributed by atoms with van der Waals surface area (Å²) in [6, 6.07) is 1.74. The van der Waals surface area contributed by atoms with Gasteiger partial charge < -0.3 is 9.52 Å². The number of aliphatic hydroxyl groups is 1. The molecule has 2 heteroatoms. The SMILES string of the molecule is C[C@H](O)c1ccoc1. The zero-order valence-corrected chi connectivity index (χ0v) is 4.66. The van der Waals surface area contributed by atoms with Crippen molar-refractivity contribution in [1.29, 1.82) is 0 Å². The smallest absolute Gasteiger partial charge is 0.0960 e. The molecule has 0 radical (unpaired) electrons. The van der Waals surface area contributed by atoms with Gasteiger partial charge >= 0.3 is 0 Å².